The smallest absolute Gasteiger partial charge is 0.160 e. The van der Waals surface area contributed by atoms with Crippen LogP contribution in [-0.4, -0.2) is 6.29 Å². The first-order valence-corrected chi connectivity index (χ1v) is 14.1. The van der Waals surface area contributed by atoms with Crippen LogP contribution < -0.4 is 4.90 Å². The molecule has 6 aromatic carbocycles. The minimum absolute atomic E-state index is 0.742. The third-order valence-electron chi connectivity index (χ3n) is 7.39. The number of thiophene rings is 1. The standard InChI is InChI=1S/C37H25NOS/c39-25-28-19-24-37(40-28)35-21-20-32(29-15-7-8-17-31(29)35)33-22-23-36(34-18-10-9-16-30(33)34)38(26-11-3-1-4-12-26)27-13-5-2-6-14-27/h1-25H. The van der Waals surface area contributed by atoms with E-state index < -0.39 is 0 Å². The molecule has 190 valence electrons. The molecule has 0 saturated carbocycles. The fourth-order valence-corrected chi connectivity index (χ4v) is 6.47. The summed E-state index contributed by atoms with van der Waals surface area (Å²) in [5, 5.41) is 4.77. The van der Waals surface area contributed by atoms with Gasteiger partial charge in [-0.3, -0.25) is 4.79 Å². The summed E-state index contributed by atoms with van der Waals surface area (Å²) in [5.74, 6) is 0. The number of fused-ring (bicyclic) bond motifs is 2. The summed E-state index contributed by atoms with van der Waals surface area (Å²) in [5.41, 5.74) is 6.91. The Kier molecular flexibility index (Phi) is 6.19. The van der Waals surface area contributed by atoms with Crippen LogP contribution in [0.5, 0.6) is 0 Å². The minimum Gasteiger partial charge on any atom is -0.310 e. The molecule has 0 aliphatic carbocycles. The number of benzene rings is 6. The van der Waals surface area contributed by atoms with Gasteiger partial charge in [0.2, 0.25) is 0 Å². The van der Waals surface area contributed by atoms with Crippen LogP contribution in [0.4, 0.5) is 17.1 Å². The van der Waals surface area contributed by atoms with Crippen molar-refractivity contribution >= 4 is 56.2 Å². The van der Waals surface area contributed by atoms with Crippen LogP contribution >= 0.6 is 11.3 Å². The largest absolute Gasteiger partial charge is 0.310 e. The lowest BCUT2D eigenvalue weighted by Gasteiger charge is -2.27. The van der Waals surface area contributed by atoms with Crippen molar-refractivity contribution in [3.05, 3.63) is 150 Å². The molecule has 1 aromatic heterocycles. The SMILES string of the molecule is O=Cc1ccc(-c2ccc(-c3ccc(N(c4ccccc4)c4ccccc4)c4ccccc34)c3ccccc23)s1. The molecule has 0 aliphatic heterocycles. The summed E-state index contributed by atoms with van der Waals surface area (Å²) in [7, 11) is 0. The second kappa shape index (κ2) is 10.3. The fraction of sp³-hybridized carbons (Fsp3) is 0. The van der Waals surface area contributed by atoms with Crippen molar-refractivity contribution in [2.45, 2.75) is 0 Å². The summed E-state index contributed by atoms with van der Waals surface area (Å²) in [6, 6.07) is 51.2. The molecule has 0 bridgehead atoms. The van der Waals surface area contributed by atoms with E-state index >= 15 is 0 Å². The zero-order valence-corrected chi connectivity index (χ0v) is 22.5. The molecule has 7 rings (SSSR count). The second-order valence-corrected chi connectivity index (χ2v) is 10.8. The Morgan fingerprint density at radius 1 is 0.450 bits per heavy atom. The Morgan fingerprint density at radius 3 is 1.50 bits per heavy atom. The summed E-state index contributed by atoms with van der Waals surface area (Å²) >= 11 is 1.53. The first-order chi connectivity index (χ1) is 19.8. The Hall–Kier alpha value is -4.99. The highest BCUT2D eigenvalue weighted by molar-refractivity contribution is 7.17. The molecule has 0 N–H and O–H groups in total. The maximum atomic E-state index is 11.3. The Labute approximate surface area is 237 Å². The molecule has 0 radical (unpaired) electrons. The van der Waals surface area contributed by atoms with Gasteiger partial charge in [-0.1, -0.05) is 103 Å². The lowest BCUT2D eigenvalue weighted by Crippen LogP contribution is -2.10. The van der Waals surface area contributed by atoms with Gasteiger partial charge in [0.25, 0.3) is 0 Å². The van der Waals surface area contributed by atoms with Gasteiger partial charge in [0.15, 0.2) is 6.29 Å². The number of hydrogen-bond donors (Lipinski definition) is 0. The van der Waals surface area contributed by atoms with Gasteiger partial charge < -0.3 is 4.90 Å². The molecule has 7 aromatic rings. The molecular formula is C37H25NOS. The van der Waals surface area contributed by atoms with E-state index in [1.165, 1.54) is 44.0 Å². The van der Waals surface area contributed by atoms with Gasteiger partial charge in [-0.2, -0.15) is 0 Å². The highest BCUT2D eigenvalue weighted by atomic mass is 32.1. The van der Waals surface area contributed by atoms with Crippen LogP contribution in [0, 0.1) is 0 Å². The molecule has 0 fully saturated rings. The Bertz CT molecular complexity index is 1940. The maximum Gasteiger partial charge on any atom is 0.160 e. The molecule has 0 unspecified atom stereocenters. The quantitative estimate of drug-likeness (QED) is 0.199. The average molecular weight is 532 g/mol. The summed E-state index contributed by atoms with van der Waals surface area (Å²) in [6.45, 7) is 0. The van der Waals surface area contributed by atoms with E-state index in [-0.39, 0.29) is 0 Å². The summed E-state index contributed by atoms with van der Waals surface area (Å²) in [6.07, 6.45) is 0.923. The molecule has 0 saturated heterocycles. The van der Waals surface area contributed by atoms with Gasteiger partial charge in [0.1, 0.15) is 0 Å². The monoisotopic (exact) mass is 531 g/mol. The average Bonchev–Trinajstić information content (AvgIpc) is 3.51. The first-order valence-electron chi connectivity index (χ1n) is 13.3. The highest BCUT2D eigenvalue weighted by Gasteiger charge is 2.18. The molecular weight excluding hydrogens is 506 g/mol. The normalized spacial score (nSPS) is 11.1. The van der Waals surface area contributed by atoms with Crippen molar-refractivity contribution in [2.24, 2.45) is 0 Å². The summed E-state index contributed by atoms with van der Waals surface area (Å²) in [4.78, 5) is 15.5. The molecule has 0 aliphatic rings. The van der Waals surface area contributed by atoms with Crippen molar-refractivity contribution in [3.8, 4) is 21.6 Å². The van der Waals surface area contributed by atoms with E-state index in [2.05, 4.69) is 138 Å². The van der Waals surface area contributed by atoms with Crippen LogP contribution in [0.1, 0.15) is 9.67 Å². The zero-order valence-electron chi connectivity index (χ0n) is 21.7. The predicted octanol–water partition coefficient (Wildman–Crippen LogP) is 10.7. The van der Waals surface area contributed by atoms with E-state index in [9.17, 15) is 4.79 Å². The molecule has 1 heterocycles. The topological polar surface area (TPSA) is 20.3 Å². The third kappa shape index (κ3) is 4.17. The number of aldehydes is 1. The van der Waals surface area contributed by atoms with E-state index in [0.29, 0.717) is 0 Å². The lowest BCUT2D eigenvalue weighted by atomic mass is 9.91. The van der Waals surface area contributed by atoms with Crippen LogP contribution in [0.15, 0.2) is 146 Å². The predicted molar refractivity (Wildman–Crippen MR) is 170 cm³/mol. The van der Waals surface area contributed by atoms with Gasteiger partial charge in [-0.25, -0.2) is 0 Å². The van der Waals surface area contributed by atoms with E-state index in [1.807, 2.05) is 12.1 Å². The van der Waals surface area contributed by atoms with Crippen LogP contribution in [0.2, 0.25) is 0 Å². The number of rotatable bonds is 6. The number of anilines is 3. The van der Waals surface area contributed by atoms with Gasteiger partial charge in [-0.15, -0.1) is 11.3 Å². The van der Waals surface area contributed by atoms with Gasteiger partial charge in [0, 0.05) is 21.6 Å². The number of carbonyl (C=O) groups is 1. The van der Waals surface area contributed by atoms with Gasteiger partial charge in [-0.05, 0) is 75.3 Å². The zero-order chi connectivity index (χ0) is 26.9. The van der Waals surface area contributed by atoms with E-state index in [0.717, 1.165) is 38.7 Å². The second-order valence-electron chi connectivity index (χ2n) is 9.71. The van der Waals surface area contributed by atoms with Crippen molar-refractivity contribution in [3.63, 3.8) is 0 Å². The third-order valence-corrected chi connectivity index (χ3v) is 8.44. The van der Waals surface area contributed by atoms with Crippen LogP contribution in [0.3, 0.4) is 0 Å². The van der Waals surface area contributed by atoms with Crippen molar-refractivity contribution in [1.29, 1.82) is 0 Å². The summed E-state index contributed by atoms with van der Waals surface area (Å²) < 4.78 is 0. The van der Waals surface area contributed by atoms with Crippen LogP contribution in [0.25, 0.3) is 43.1 Å². The minimum atomic E-state index is 0.742. The van der Waals surface area contributed by atoms with Crippen molar-refractivity contribution < 1.29 is 4.79 Å². The van der Waals surface area contributed by atoms with Gasteiger partial charge in [0.05, 0.1) is 10.6 Å². The Balaban J connectivity index is 1.45. The molecule has 0 amide bonds. The van der Waals surface area contributed by atoms with Crippen LogP contribution in [-0.2, 0) is 0 Å². The van der Waals surface area contributed by atoms with E-state index in [4.69, 9.17) is 0 Å². The molecule has 3 heteroatoms. The highest BCUT2D eigenvalue weighted by Crippen LogP contribution is 2.44. The van der Waals surface area contributed by atoms with Crippen molar-refractivity contribution in [1.82, 2.24) is 0 Å². The van der Waals surface area contributed by atoms with Gasteiger partial charge >= 0.3 is 0 Å². The van der Waals surface area contributed by atoms with Crippen molar-refractivity contribution in [2.75, 3.05) is 4.90 Å². The molecule has 0 spiro atoms. The molecule has 0 atom stereocenters. The number of para-hydroxylation sites is 2. The number of carbonyl (C=O) groups excluding carboxylic acids is 1. The maximum absolute atomic E-state index is 11.3. The Morgan fingerprint density at radius 2 is 0.925 bits per heavy atom. The van der Waals surface area contributed by atoms with E-state index in [1.54, 1.807) is 0 Å². The molecule has 40 heavy (non-hydrogen) atoms. The number of nitrogens with zero attached hydrogens (tertiary/aromatic N) is 1. The fourth-order valence-electron chi connectivity index (χ4n) is 5.60. The first kappa shape index (κ1) is 24.1. The lowest BCUT2D eigenvalue weighted by molar-refractivity contribution is 0.112. The molecule has 2 nitrogen and oxygen atoms in total. The number of hydrogen-bond acceptors (Lipinski definition) is 3.